The first-order valence-electron chi connectivity index (χ1n) is 14.8. The van der Waals surface area contributed by atoms with Crippen molar-refractivity contribution in [3.8, 4) is 11.1 Å². The molecule has 1 saturated heterocycles. The number of benzene rings is 3. The molecule has 7 nitrogen and oxygen atoms in total. The van der Waals surface area contributed by atoms with Gasteiger partial charge in [0.1, 0.15) is 0 Å². The van der Waals surface area contributed by atoms with E-state index in [-0.39, 0.29) is 5.91 Å². The highest BCUT2D eigenvalue weighted by Gasteiger charge is 2.25. The standard InChI is InChI=1S/C35H39N5O2/c1-27-34(40(26-36-27)16-9-21-42-25-28-10-4-3-5-11-28)24-38-22-32(31-15-8-13-29-12-6-7-14-30(29)31)33(23-38)35(41)39-19-17-37(2)18-20-39/h3-8,10-15,22-23,26H,9,16-21,24-25H2,1-2H3. The summed E-state index contributed by atoms with van der Waals surface area (Å²) in [6.07, 6.45) is 7.01. The maximum absolute atomic E-state index is 14.0. The number of hydrogen-bond donors (Lipinski definition) is 0. The molecule has 216 valence electrons. The van der Waals surface area contributed by atoms with Crippen molar-refractivity contribution in [2.75, 3.05) is 39.8 Å². The smallest absolute Gasteiger partial charge is 0.256 e. The molecule has 1 fully saturated rings. The molecule has 7 heteroatoms. The fraction of sp³-hybridized carbons (Fsp3) is 0.314. The number of carbonyl (C=O) groups is 1. The minimum absolute atomic E-state index is 0.102. The molecule has 1 amide bonds. The van der Waals surface area contributed by atoms with Crippen LogP contribution in [0.2, 0.25) is 0 Å². The SMILES string of the molecule is Cc1ncn(CCCOCc2ccccc2)c1Cn1cc(C(=O)N2CCN(C)CC2)c(-c2cccc3ccccc23)c1. The quantitative estimate of drug-likeness (QED) is 0.201. The summed E-state index contributed by atoms with van der Waals surface area (Å²) >= 11 is 0. The fourth-order valence-corrected chi connectivity index (χ4v) is 5.80. The number of aryl methyl sites for hydroxylation is 2. The topological polar surface area (TPSA) is 55.5 Å². The number of amides is 1. The van der Waals surface area contributed by atoms with Gasteiger partial charge in [0.15, 0.2) is 0 Å². The van der Waals surface area contributed by atoms with Gasteiger partial charge in [0.2, 0.25) is 0 Å². The molecule has 1 aliphatic rings. The normalized spacial score (nSPS) is 14.1. The lowest BCUT2D eigenvalue weighted by Gasteiger charge is -2.32. The third kappa shape index (κ3) is 6.17. The van der Waals surface area contributed by atoms with Gasteiger partial charge in [0.25, 0.3) is 5.91 Å². The molecule has 6 rings (SSSR count). The van der Waals surface area contributed by atoms with Crippen molar-refractivity contribution in [3.63, 3.8) is 0 Å². The van der Waals surface area contributed by atoms with E-state index in [0.29, 0.717) is 19.8 Å². The van der Waals surface area contributed by atoms with E-state index in [4.69, 9.17) is 4.74 Å². The minimum Gasteiger partial charge on any atom is -0.377 e. The molecule has 0 atom stereocenters. The molecule has 0 saturated carbocycles. The second-order valence-electron chi connectivity index (χ2n) is 11.2. The van der Waals surface area contributed by atoms with Crippen LogP contribution >= 0.6 is 0 Å². The van der Waals surface area contributed by atoms with Gasteiger partial charge in [-0.15, -0.1) is 0 Å². The van der Waals surface area contributed by atoms with Gasteiger partial charge >= 0.3 is 0 Å². The number of hydrogen-bond acceptors (Lipinski definition) is 4. The van der Waals surface area contributed by atoms with Crippen LogP contribution in [0.25, 0.3) is 21.9 Å². The van der Waals surface area contributed by atoms with Gasteiger partial charge in [-0.05, 0) is 42.3 Å². The molecule has 2 aromatic heterocycles. The van der Waals surface area contributed by atoms with Crippen LogP contribution in [0, 0.1) is 6.92 Å². The Balaban J connectivity index is 1.24. The zero-order chi connectivity index (χ0) is 28.9. The Morgan fingerprint density at radius 3 is 2.48 bits per heavy atom. The van der Waals surface area contributed by atoms with Crippen molar-refractivity contribution in [2.45, 2.75) is 33.0 Å². The number of piperazine rings is 1. The highest BCUT2D eigenvalue weighted by molar-refractivity contribution is 6.06. The van der Waals surface area contributed by atoms with Crippen molar-refractivity contribution in [3.05, 3.63) is 114 Å². The first-order valence-corrected chi connectivity index (χ1v) is 14.8. The maximum atomic E-state index is 14.0. The van der Waals surface area contributed by atoms with Crippen molar-refractivity contribution in [1.82, 2.24) is 23.9 Å². The van der Waals surface area contributed by atoms with Crippen molar-refractivity contribution < 1.29 is 9.53 Å². The number of carbonyl (C=O) groups excluding carboxylic acids is 1. The average Bonchev–Trinajstić information content (AvgIpc) is 3.60. The van der Waals surface area contributed by atoms with Crippen LogP contribution in [0.5, 0.6) is 0 Å². The summed E-state index contributed by atoms with van der Waals surface area (Å²) in [7, 11) is 2.11. The van der Waals surface area contributed by atoms with Gasteiger partial charge in [-0.2, -0.15) is 0 Å². The number of likely N-dealkylation sites (N-methyl/N-ethyl adjacent to an activating group) is 1. The Bertz CT molecular complexity index is 1640. The highest BCUT2D eigenvalue weighted by Crippen LogP contribution is 2.33. The van der Waals surface area contributed by atoms with E-state index in [0.717, 1.165) is 72.6 Å². The average molecular weight is 562 g/mol. The molecule has 0 N–H and O–H groups in total. The third-order valence-electron chi connectivity index (χ3n) is 8.27. The van der Waals surface area contributed by atoms with Crippen LogP contribution in [0.4, 0.5) is 0 Å². The van der Waals surface area contributed by atoms with E-state index in [1.165, 1.54) is 10.9 Å². The zero-order valence-electron chi connectivity index (χ0n) is 24.6. The molecule has 0 unspecified atom stereocenters. The predicted octanol–water partition coefficient (Wildman–Crippen LogP) is 5.86. The Kier molecular flexibility index (Phi) is 8.49. The number of imidazole rings is 1. The molecule has 3 heterocycles. The van der Waals surface area contributed by atoms with Crippen molar-refractivity contribution in [1.29, 1.82) is 0 Å². The summed E-state index contributed by atoms with van der Waals surface area (Å²) in [6.45, 7) is 8.11. The van der Waals surface area contributed by atoms with E-state index in [1.807, 2.05) is 35.6 Å². The Morgan fingerprint density at radius 2 is 1.64 bits per heavy atom. The van der Waals surface area contributed by atoms with E-state index < -0.39 is 0 Å². The van der Waals surface area contributed by atoms with Crippen LogP contribution in [0.15, 0.2) is 91.5 Å². The van der Waals surface area contributed by atoms with Gasteiger partial charge in [-0.25, -0.2) is 4.98 Å². The van der Waals surface area contributed by atoms with Gasteiger partial charge < -0.3 is 23.7 Å². The summed E-state index contributed by atoms with van der Waals surface area (Å²) in [6, 6.07) is 25.0. The van der Waals surface area contributed by atoms with Crippen molar-refractivity contribution >= 4 is 16.7 Å². The van der Waals surface area contributed by atoms with Crippen molar-refractivity contribution in [2.24, 2.45) is 0 Å². The molecule has 0 aliphatic carbocycles. The number of ether oxygens (including phenoxy) is 1. The van der Waals surface area contributed by atoms with Crippen LogP contribution in [0.3, 0.4) is 0 Å². The van der Waals surface area contributed by atoms with Crippen LogP contribution in [-0.2, 0) is 24.4 Å². The molecule has 0 bridgehead atoms. The molecule has 1 aliphatic heterocycles. The van der Waals surface area contributed by atoms with Gasteiger partial charge in [0.05, 0.1) is 36.4 Å². The first-order chi connectivity index (χ1) is 20.6. The summed E-state index contributed by atoms with van der Waals surface area (Å²) < 4.78 is 10.3. The second kappa shape index (κ2) is 12.8. The van der Waals surface area contributed by atoms with E-state index >= 15 is 0 Å². The summed E-state index contributed by atoms with van der Waals surface area (Å²) in [4.78, 5) is 22.9. The Morgan fingerprint density at radius 1 is 0.881 bits per heavy atom. The molecule has 5 aromatic rings. The lowest BCUT2D eigenvalue weighted by molar-refractivity contribution is 0.0665. The monoisotopic (exact) mass is 561 g/mol. The predicted molar refractivity (Wildman–Crippen MR) is 168 cm³/mol. The van der Waals surface area contributed by atoms with Gasteiger partial charge in [0, 0.05) is 57.3 Å². The number of nitrogens with zero attached hydrogens (tertiary/aromatic N) is 5. The van der Waals surface area contributed by atoms with E-state index in [1.54, 1.807) is 0 Å². The van der Waals surface area contributed by atoms with Crippen LogP contribution < -0.4 is 0 Å². The van der Waals surface area contributed by atoms with Gasteiger partial charge in [-0.3, -0.25) is 4.79 Å². The minimum atomic E-state index is 0.102. The van der Waals surface area contributed by atoms with Crippen LogP contribution in [-0.4, -0.2) is 69.7 Å². The second-order valence-corrected chi connectivity index (χ2v) is 11.2. The summed E-state index contributed by atoms with van der Waals surface area (Å²) in [5.74, 6) is 0.102. The molecular formula is C35H39N5O2. The number of aromatic nitrogens is 3. The number of fused-ring (bicyclic) bond motifs is 1. The Hall–Kier alpha value is -4.20. The van der Waals surface area contributed by atoms with Gasteiger partial charge in [-0.1, -0.05) is 72.8 Å². The first kappa shape index (κ1) is 27.9. The molecule has 0 radical (unpaired) electrons. The highest BCUT2D eigenvalue weighted by atomic mass is 16.5. The van der Waals surface area contributed by atoms with Crippen LogP contribution in [0.1, 0.15) is 33.7 Å². The summed E-state index contributed by atoms with van der Waals surface area (Å²) in [5.41, 5.74) is 6.17. The number of rotatable bonds is 10. The molecule has 0 spiro atoms. The maximum Gasteiger partial charge on any atom is 0.256 e. The molecule has 42 heavy (non-hydrogen) atoms. The third-order valence-corrected chi connectivity index (χ3v) is 8.27. The lowest BCUT2D eigenvalue weighted by Crippen LogP contribution is -2.47. The Labute approximate surface area is 248 Å². The largest absolute Gasteiger partial charge is 0.377 e. The molecular weight excluding hydrogens is 522 g/mol. The zero-order valence-corrected chi connectivity index (χ0v) is 24.6. The fourth-order valence-electron chi connectivity index (χ4n) is 5.80. The van der Waals surface area contributed by atoms with E-state index in [2.05, 4.69) is 93.8 Å². The lowest BCUT2D eigenvalue weighted by atomic mass is 9.97. The molecule has 3 aromatic carbocycles. The summed E-state index contributed by atoms with van der Waals surface area (Å²) in [5, 5.41) is 2.33. The van der Waals surface area contributed by atoms with E-state index in [9.17, 15) is 4.79 Å².